The van der Waals surface area contributed by atoms with Crippen LogP contribution < -0.4 is 5.32 Å². The summed E-state index contributed by atoms with van der Waals surface area (Å²) in [6, 6.07) is 0.400. The van der Waals surface area contributed by atoms with Crippen molar-refractivity contribution in [1.82, 2.24) is 15.1 Å². The van der Waals surface area contributed by atoms with Gasteiger partial charge in [-0.1, -0.05) is 12.8 Å². The van der Waals surface area contributed by atoms with Crippen LogP contribution in [0, 0.1) is 6.92 Å². The zero-order valence-electron chi connectivity index (χ0n) is 10.9. The quantitative estimate of drug-likeness (QED) is 0.850. The minimum absolute atomic E-state index is 0.335. The fraction of sp³-hybridized carbons (Fsp3) is 0.769. The van der Waals surface area contributed by atoms with Gasteiger partial charge in [-0.15, -0.1) is 0 Å². The molecule has 0 aromatic carbocycles. The Morgan fingerprint density at radius 2 is 2.06 bits per heavy atom. The Bertz CT molecular complexity index is 361. The second-order valence-electron chi connectivity index (χ2n) is 5.44. The van der Waals surface area contributed by atoms with Gasteiger partial charge in [0.15, 0.2) is 0 Å². The van der Waals surface area contributed by atoms with E-state index in [0.29, 0.717) is 11.6 Å². The maximum absolute atomic E-state index is 4.31. The Morgan fingerprint density at radius 3 is 2.56 bits per heavy atom. The molecule has 1 atom stereocenters. The molecule has 3 nitrogen and oxygen atoms in total. The first kappa shape index (κ1) is 11.6. The molecule has 0 bridgehead atoms. The van der Waals surface area contributed by atoms with Crippen LogP contribution in [0.5, 0.6) is 0 Å². The van der Waals surface area contributed by atoms with E-state index in [9.17, 15) is 0 Å². The maximum Gasteiger partial charge on any atom is 0.0540 e. The van der Waals surface area contributed by atoms with Gasteiger partial charge in [-0.3, -0.25) is 4.68 Å². The highest BCUT2D eigenvalue weighted by molar-refractivity contribution is 5.20. The lowest BCUT2D eigenvalue weighted by atomic mass is 9.97. The summed E-state index contributed by atoms with van der Waals surface area (Å²) in [6.07, 6.45) is 7.32. The van der Waals surface area contributed by atoms with Crippen molar-refractivity contribution in [2.45, 2.75) is 58.0 Å². The largest absolute Gasteiger partial charge is 0.305 e. The van der Waals surface area contributed by atoms with Gasteiger partial charge in [0.1, 0.15) is 0 Å². The Kier molecular flexibility index (Phi) is 3.06. The van der Waals surface area contributed by atoms with Crippen molar-refractivity contribution in [2.75, 3.05) is 0 Å². The molecule has 1 aliphatic carbocycles. The SMILES string of the molecule is Cc1c(C(C)NC2(C)CCCC2)cnn1C. The monoisotopic (exact) mass is 221 g/mol. The zero-order chi connectivity index (χ0) is 11.8. The van der Waals surface area contributed by atoms with E-state index in [1.54, 1.807) is 0 Å². The molecule has 0 radical (unpaired) electrons. The van der Waals surface area contributed by atoms with E-state index in [4.69, 9.17) is 0 Å². The molecular weight excluding hydrogens is 198 g/mol. The van der Waals surface area contributed by atoms with Crippen molar-refractivity contribution in [3.8, 4) is 0 Å². The molecule has 0 aliphatic heterocycles. The number of nitrogens with zero attached hydrogens (tertiary/aromatic N) is 2. The van der Waals surface area contributed by atoms with Crippen LogP contribution >= 0.6 is 0 Å². The van der Waals surface area contributed by atoms with E-state index in [0.717, 1.165) is 0 Å². The molecule has 1 aliphatic rings. The minimum atomic E-state index is 0.335. The van der Waals surface area contributed by atoms with Gasteiger partial charge in [0.25, 0.3) is 0 Å². The average molecular weight is 221 g/mol. The van der Waals surface area contributed by atoms with Crippen LogP contribution in [0.1, 0.15) is 56.8 Å². The molecule has 1 heterocycles. The normalized spacial score (nSPS) is 21.2. The Balaban J connectivity index is 2.08. The maximum atomic E-state index is 4.31. The molecular formula is C13H23N3. The van der Waals surface area contributed by atoms with Gasteiger partial charge >= 0.3 is 0 Å². The van der Waals surface area contributed by atoms with Gasteiger partial charge in [-0.25, -0.2) is 0 Å². The second kappa shape index (κ2) is 4.21. The standard InChI is InChI=1S/C13H23N3/c1-10(12-9-14-16(4)11(12)2)15-13(3)7-5-6-8-13/h9-10,15H,5-8H2,1-4H3. The molecule has 1 saturated carbocycles. The summed E-state index contributed by atoms with van der Waals surface area (Å²) in [4.78, 5) is 0. The van der Waals surface area contributed by atoms with Crippen molar-refractivity contribution in [3.63, 3.8) is 0 Å². The molecule has 1 fully saturated rings. The molecule has 1 unspecified atom stereocenters. The van der Waals surface area contributed by atoms with Gasteiger partial charge in [0.2, 0.25) is 0 Å². The van der Waals surface area contributed by atoms with E-state index < -0.39 is 0 Å². The zero-order valence-corrected chi connectivity index (χ0v) is 10.9. The third-order valence-corrected chi connectivity index (χ3v) is 4.01. The third kappa shape index (κ3) is 2.14. The number of hydrogen-bond acceptors (Lipinski definition) is 2. The molecule has 1 N–H and O–H groups in total. The van der Waals surface area contributed by atoms with Crippen molar-refractivity contribution >= 4 is 0 Å². The molecule has 2 rings (SSSR count). The number of hydrogen-bond donors (Lipinski definition) is 1. The van der Waals surface area contributed by atoms with Gasteiger partial charge in [-0.2, -0.15) is 5.10 Å². The molecule has 0 spiro atoms. The van der Waals surface area contributed by atoms with Crippen LogP contribution in [0.4, 0.5) is 0 Å². The summed E-state index contributed by atoms with van der Waals surface area (Å²) < 4.78 is 1.95. The minimum Gasteiger partial charge on any atom is -0.305 e. The van der Waals surface area contributed by atoms with E-state index >= 15 is 0 Å². The van der Waals surface area contributed by atoms with Crippen LogP contribution in [0.2, 0.25) is 0 Å². The summed E-state index contributed by atoms with van der Waals surface area (Å²) in [5, 5.41) is 8.08. The lowest BCUT2D eigenvalue weighted by molar-refractivity contribution is 0.327. The highest BCUT2D eigenvalue weighted by atomic mass is 15.3. The van der Waals surface area contributed by atoms with Crippen LogP contribution in [0.25, 0.3) is 0 Å². The molecule has 0 amide bonds. The summed E-state index contributed by atoms with van der Waals surface area (Å²) >= 11 is 0. The summed E-state index contributed by atoms with van der Waals surface area (Å²) in [5.41, 5.74) is 2.93. The highest BCUT2D eigenvalue weighted by Gasteiger charge is 2.30. The molecule has 3 heteroatoms. The average Bonchev–Trinajstić information content (AvgIpc) is 2.76. The second-order valence-corrected chi connectivity index (χ2v) is 5.44. The van der Waals surface area contributed by atoms with Crippen molar-refractivity contribution in [1.29, 1.82) is 0 Å². The van der Waals surface area contributed by atoms with Crippen LogP contribution in [0.15, 0.2) is 6.20 Å². The van der Waals surface area contributed by atoms with Crippen molar-refractivity contribution in [2.24, 2.45) is 7.05 Å². The Labute approximate surface area is 98.2 Å². The van der Waals surface area contributed by atoms with E-state index in [-0.39, 0.29) is 0 Å². The summed E-state index contributed by atoms with van der Waals surface area (Å²) in [6.45, 7) is 6.73. The van der Waals surface area contributed by atoms with Gasteiger partial charge < -0.3 is 5.32 Å². The summed E-state index contributed by atoms with van der Waals surface area (Å²) in [7, 11) is 2.00. The van der Waals surface area contributed by atoms with Crippen LogP contribution in [-0.4, -0.2) is 15.3 Å². The molecule has 16 heavy (non-hydrogen) atoms. The Morgan fingerprint density at radius 1 is 1.44 bits per heavy atom. The topological polar surface area (TPSA) is 29.9 Å². The fourth-order valence-corrected chi connectivity index (χ4v) is 2.84. The molecule has 1 aromatic rings. The fourth-order valence-electron chi connectivity index (χ4n) is 2.84. The first-order valence-electron chi connectivity index (χ1n) is 6.28. The predicted molar refractivity (Wildman–Crippen MR) is 66.4 cm³/mol. The number of rotatable bonds is 3. The number of aryl methyl sites for hydroxylation is 1. The first-order valence-corrected chi connectivity index (χ1v) is 6.28. The van der Waals surface area contributed by atoms with Gasteiger partial charge in [0.05, 0.1) is 6.20 Å². The first-order chi connectivity index (χ1) is 7.52. The van der Waals surface area contributed by atoms with Crippen molar-refractivity contribution < 1.29 is 0 Å². The molecule has 1 aromatic heterocycles. The van der Waals surface area contributed by atoms with Crippen LogP contribution in [0.3, 0.4) is 0 Å². The summed E-state index contributed by atoms with van der Waals surface area (Å²) in [5.74, 6) is 0. The van der Waals surface area contributed by atoms with E-state index in [1.807, 2.05) is 17.9 Å². The van der Waals surface area contributed by atoms with Crippen molar-refractivity contribution in [3.05, 3.63) is 17.5 Å². The Hall–Kier alpha value is -0.830. The smallest absolute Gasteiger partial charge is 0.0540 e. The van der Waals surface area contributed by atoms with Crippen LogP contribution in [-0.2, 0) is 7.05 Å². The molecule has 90 valence electrons. The lowest BCUT2D eigenvalue weighted by Crippen LogP contribution is -2.41. The predicted octanol–water partition coefficient (Wildman–Crippen LogP) is 2.71. The lowest BCUT2D eigenvalue weighted by Gasteiger charge is -2.29. The number of nitrogens with one attached hydrogen (secondary N) is 1. The van der Waals surface area contributed by atoms with E-state index in [2.05, 4.69) is 31.2 Å². The third-order valence-electron chi connectivity index (χ3n) is 4.01. The molecule has 0 saturated heterocycles. The highest BCUT2D eigenvalue weighted by Crippen LogP contribution is 2.31. The van der Waals surface area contributed by atoms with E-state index in [1.165, 1.54) is 36.9 Å². The number of aromatic nitrogens is 2. The van der Waals surface area contributed by atoms with Gasteiger partial charge in [-0.05, 0) is 33.6 Å². The van der Waals surface area contributed by atoms with Gasteiger partial charge in [0, 0.05) is 29.9 Å².